The number of benzene rings is 1. The first-order chi connectivity index (χ1) is 9.01. The Kier molecular flexibility index (Phi) is 4.00. The van der Waals surface area contributed by atoms with E-state index in [0.717, 1.165) is 12.1 Å². The SMILES string of the molecule is CCc1cc(C(=O)Cc2cc(F)ccc2Cl)n(C)n1. The molecule has 0 N–H and O–H groups in total. The maximum atomic E-state index is 13.2. The molecule has 19 heavy (non-hydrogen) atoms. The predicted molar refractivity (Wildman–Crippen MR) is 72.0 cm³/mol. The number of aromatic nitrogens is 2. The summed E-state index contributed by atoms with van der Waals surface area (Å²) in [6.45, 7) is 1.97. The average Bonchev–Trinajstić information content (AvgIpc) is 2.75. The number of carbonyl (C=O) groups is 1. The van der Waals surface area contributed by atoms with Crippen molar-refractivity contribution in [3.63, 3.8) is 0 Å². The molecular weight excluding hydrogens is 267 g/mol. The largest absolute Gasteiger partial charge is 0.292 e. The van der Waals surface area contributed by atoms with E-state index in [1.807, 2.05) is 6.92 Å². The molecule has 2 rings (SSSR count). The Bertz CT molecular complexity index is 622. The number of hydrogen-bond donors (Lipinski definition) is 0. The van der Waals surface area contributed by atoms with E-state index in [2.05, 4.69) is 5.10 Å². The number of aryl methyl sites for hydroxylation is 2. The van der Waals surface area contributed by atoms with Crippen molar-refractivity contribution in [2.24, 2.45) is 7.05 Å². The molecule has 0 fully saturated rings. The van der Waals surface area contributed by atoms with Crippen molar-refractivity contribution >= 4 is 17.4 Å². The summed E-state index contributed by atoms with van der Waals surface area (Å²) in [6.07, 6.45) is 0.834. The average molecular weight is 281 g/mol. The molecule has 3 nitrogen and oxygen atoms in total. The normalized spacial score (nSPS) is 10.7. The molecule has 0 saturated heterocycles. The third kappa shape index (κ3) is 3.01. The second-order valence-corrected chi connectivity index (χ2v) is 4.74. The van der Waals surface area contributed by atoms with Gasteiger partial charge in [0.05, 0.1) is 5.69 Å². The van der Waals surface area contributed by atoms with Crippen molar-refractivity contribution in [2.75, 3.05) is 0 Å². The molecule has 0 unspecified atom stereocenters. The molecule has 1 aromatic heterocycles. The second kappa shape index (κ2) is 5.53. The Morgan fingerprint density at radius 2 is 2.16 bits per heavy atom. The Morgan fingerprint density at radius 1 is 1.42 bits per heavy atom. The summed E-state index contributed by atoms with van der Waals surface area (Å²) in [5.41, 5.74) is 1.86. The van der Waals surface area contributed by atoms with Crippen LogP contribution in [-0.4, -0.2) is 15.6 Å². The topological polar surface area (TPSA) is 34.9 Å². The molecule has 1 heterocycles. The summed E-state index contributed by atoms with van der Waals surface area (Å²) in [6, 6.07) is 5.78. The van der Waals surface area contributed by atoms with E-state index in [1.54, 1.807) is 17.8 Å². The molecule has 0 aliphatic carbocycles. The van der Waals surface area contributed by atoms with Crippen LogP contribution >= 0.6 is 11.6 Å². The highest BCUT2D eigenvalue weighted by molar-refractivity contribution is 6.31. The van der Waals surface area contributed by atoms with E-state index < -0.39 is 5.82 Å². The van der Waals surface area contributed by atoms with Crippen LogP contribution in [0, 0.1) is 5.82 Å². The standard InChI is InChI=1S/C14H14ClFN2O/c1-3-11-8-13(18(2)17-11)14(19)7-9-6-10(16)4-5-12(9)15/h4-6,8H,3,7H2,1-2H3. The minimum Gasteiger partial charge on any atom is -0.292 e. The van der Waals surface area contributed by atoms with E-state index >= 15 is 0 Å². The molecule has 0 spiro atoms. The van der Waals surface area contributed by atoms with Crippen molar-refractivity contribution in [1.29, 1.82) is 0 Å². The van der Waals surface area contributed by atoms with E-state index in [4.69, 9.17) is 11.6 Å². The van der Waals surface area contributed by atoms with Gasteiger partial charge in [0.2, 0.25) is 0 Å². The van der Waals surface area contributed by atoms with Crippen molar-refractivity contribution in [3.8, 4) is 0 Å². The number of nitrogens with zero attached hydrogens (tertiary/aromatic N) is 2. The number of rotatable bonds is 4. The minimum absolute atomic E-state index is 0.0687. The first-order valence-electron chi connectivity index (χ1n) is 6.01. The smallest absolute Gasteiger partial charge is 0.185 e. The summed E-state index contributed by atoms with van der Waals surface area (Å²) in [4.78, 5) is 12.2. The van der Waals surface area contributed by atoms with Gasteiger partial charge in [0, 0.05) is 18.5 Å². The quantitative estimate of drug-likeness (QED) is 0.806. The van der Waals surface area contributed by atoms with Crippen LogP contribution in [0.2, 0.25) is 5.02 Å². The monoisotopic (exact) mass is 280 g/mol. The van der Waals surface area contributed by atoms with Gasteiger partial charge in [0.15, 0.2) is 5.78 Å². The molecule has 2 aromatic rings. The van der Waals surface area contributed by atoms with Gasteiger partial charge in [0.1, 0.15) is 11.5 Å². The van der Waals surface area contributed by atoms with Crippen LogP contribution in [0.15, 0.2) is 24.3 Å². The fourth-order valence-electron chi connectivity index (χ4n) is 1.90. The van der Waals surface area contributed by atoms with Gasteiger partial charge >= 0.3 is 0 Å². The van der Waals surface area contributed by atoms with Crippen LogP contribution in [0.1, 0.15) is 28.7 Å². The lowest BCUT2D eigenvalue weighted by Crippen LogP contribution is -2.10. The molecule has 0 aliphatic rings. The second-order valence-electron chi connectivity index (χ2n) is 4.33. The number of Topliss-reactive ketones (excluding diaryl/α,β-unsaturated/α-hetero) is 1. The molecule has 100 valence electrons. The molecule has 0 atom stereocenters. The molecule has 0 bridgehead atoms. The lowest BCUT2D eigenvalue weighted by Gasteiger charge is -2.04. The van der Waals surface area contributed by atoms with Gasteiger partial charge in [-0.05, 0) is 36.2 Å². The Balaban J connectivity index is 2.25. The number of hydrogen-bond acceptors (Lipinski definition) is 2. The Labute approximate surface area is 116 Å². The van der Waals surface area contributed by atoms with Crippen molar-refractivity contribution < 1.29 is 9.18 Å². The lowest BCUT2D eigenvalue weighted by molar-refractivity contribution is 0.0984. The first kappa shape index (κ1) is 13.7. The number of ketones is 1. The lowest BCUT2D eigenvalue weighted by atomic mass is 10.1. The van der Waals surface area contributed by atoms with Gasteiger partial charge in [-0.2, -0.15) is 5.10 Å². The van der Waals surface area contributed by atoms with Gasteiger partial charge in [-0.3, -0.25) is 9.48 Å². The van der Waals surface area contributed by atoms with Crippen LogP contribution < -0.4 is 0 Å². The van der Waals surface area contributed by atoms with Crippen LogP contribution in [-0.2, 0) is 19.9 Å². The maximum absolute atomic E-state index is 13.2. The molecular formula is C14H14ClFN2O. The Hall–Kier alpha value is -1.68. The zero-order valence-corrected chi connectivity index (χ0v) is 11.5. The summed E-state index contributed by atoms with van der Waals surface area (Å²) in [7, 11) is 1.72. The summed E-state index contributed by atoms with van der Waals surface area (Å²) < 4.78 is 14.7. The molecule has 5 heteroatoms. The fraction of sp³-hybridized carbons (Fsp3) is 0.286. The zero-order chi connectivity index (χ0) is 14.0. The Morgan fingerprint density at radius 3 is 2.79 bits per heavy atom. The molecule has 0 amide bonds. The van der Waals surface area contributed by atoms with Gasteiger partial charge in [-0.15, -0.1) is 0 Å². The molecule has 0 radical (unpaired) electrons. The van der Waals surface area contributed by atoms with E-state index in [0.29, 0.717) is 16.3 Å². The van der Waals surface area contributed by atoms with Crippen LogP contribution in [0.25, 0.3) is 0 Å². The zero-order valence-electron chi connectivity index (χ0n) is 10.8. The molecule has 1 aromatic carbocycles. The van der Waals surface area contributed by atoms with Crippen molar-refractivity contribution in [2.45, 2.75) is 19.8 Å². The summed E-state index contributed by atoms with van der Waals surface area (Å²) in [5, 5.41) is 4.62. The minimum atomic E-state index is -0.397. The number of carbonyl (C=O) groups excluding carboxylic acids is 1. The van der Waals surface area contributed by atoms with E-state index in [1.165, 1.54) is 18.2 Å². The van der Waals surface area contributed by atoms with E-state index in [9.17, 15) is 9.18 Å². The number of halogens is 2. The van der Waals surface area contributed by atoms with Crippen LogP contribution in [0.4, 0.5) is 4.39 Å². The highest BCUT2D eigenvalue weighted by atomic mass is 35.5. The predicted octanol–water partition coefficient (Wildman–Crippen LogP) is 3.20. The van der Waals surface area contributed by atoms with Crippen LogP contribution in [0.3, 0.4) is 0 Å². The third-order valence-corrected chi connectivity index (χ3v) is 3.31. The highest BCUT2D eigenvalue weighted by Gasteiger charge is 2.15. The highest BCUT2D eigenvalue weighted by Crippen LogP contribution is 2.19. The van der Waals surface area contributed by atoms with Gasteiger partial charge < -0.3 is 0 Å². The third-order valence-electron chi connectivity index (χ3n) is 2.94. The van der Waals surface area contributed by atoms with Crippen molar-refractivity contribution in [3.05, 3.63) is 52.1 Å². The summed E-state index contributed by atoms with van der Waals surface area (Å²) >= 11 is 5.96. The summed E-state index contributed by atoms with van der Waals surface area (Å²) in [5.74, 6) is -0.520. The van der Waals surface area contributed by atoms with Gasteiger partial charge in [-0.25, -0.2) is 4.39 Å². The van der Waals surface area contributed by atoms with E-state index in [-0.39, 0.29) is 12.2 Å². The first-order valence-corrected chi connectivity index (χ1v) is 6.39. The molecule has 0 aliphatic heterocycles. The van der Waals surface area contributed by atoms with Gasteiger partial charge in [0.25, 0.3) is 0 Å². The maximum Gasteiger partial charge on any atom is 0.185 e. The van der Waals surface area contributed by atoms with Crippen molar-refractivity contribution in [1.82, 2.24) is 9.78 Å². The van der Waals surface area contributed by atoms with Crippen LogP contribution in [0.5, 0.6) is 0 Å². The molecule has 0 saturated carbocycles. The fourth-order valence-corrected chi connectivity index (χ4v) is 2.09. The van der Waals surface area contributed by atoms with Gasteiger partial charge in [-0.1, -0.05) is 18.5 Å².